The van der Waals surface area contributed by atoms with Crippen LogP contribution in [0.5, 0.6) is 0 Å². The van der Waals surface area contributed by atoms with Crippen LogP contribution >= 0.6 is 11.6 Å². The standard InChI is InChI=1S/C33H42ClN3O10/c1-17-12-13-19(14-20(17)34)36-31(39)37(21(15-22(35)38)23-24(40-6)26-29(42-23)46-32(2,3)44-26)28-25(41-16-18-10-8-7-9-11-18)27-30(43-28)47-33(4,5)45-27/h7-14,21,23-30H,15-16H2,1-6H3,(H2,35,38)(H,36,39)/t21-,23+,24-,25-,26+,27-,28?,29+,30-/m0/s1. The van der Waals surface area contributed by atoms with Gasteiger partial charge in [-0.05, 0) is 57.9 Å². The summed E-state index contributed by atoms with van der Waals surface area (Å²) in [5, 5.41) is 3.38. The second-order valence-corrected chi connectivity index (χ2v) is 13.5. The quantitative estimate of drug-likeness (QED) is 0.378. The molecule has 0 radical (unpaired) electrons. The molecule has 0 aromatic heterocycles. The second kappa shape index (κ2) is 13.2. The number of halogens is 1. The third kappa shape index (κ3) is 7.14. The maximum Gasteiger partial charge on any atom is 0.324 e. The van der Waals surface area contributed by atoms with Crippen molar-refractivity contribution in [3.8, 4) is 0 Å². The van der Waals surface area contributed by atoms with Gasteiger partial charge < -0.3 is 48.9 Å². The molecule has 1 unspecified atom stereocenters. The topological polar surface area (TPSA) is 149 Å². The van der Waals surface area contributed by atoms with Gasteiger partial charge in [0.2, 0.25) is 5.91 Å². The molecule has 4 aliphatic rings. The molecule has 0 saturated carbocycles. The van der Waals surface area contributed by atoms with Crippen molar-refractivity contribution < 1.29 is 47.5 Å². The number of ether oxygens (including phenoxy) is 8. The van der Waals surface area contributed by atoms with Crippen molar-refractivity contribution in [2.75, 3.05) is 12.4 Å². The maximum atomic E-state index is 14.5. The lowest BCUT2D eigenvalue weighted by Crippen LogP contribution is -2.61. The van der Waals surface area contributed by atoms with Crippen molar-refractivity contribution in [2.24, 2.45) is 5.73 Å². The zero-order chi connectivity index (χ0) is 33.7. The first kappa shape index (κ1) is 34.0. The first-order valence-corrected chi connectivity index (χ1v) is 16.0. The average Bonchev–Trinajstić information content (AvgIpc) is 3.68. The molecule has 4 saturated heterocycles. The number of benzene rings is 2. The highest BCUT2D eigenvalue weighted by Gasteiger charge is 2.62. The molecule has 3 N–H and O–H groups in total. The molecule has 256 valence electrons. The van der Waals surface area contributed by atoms with E-state index in [1.807, 2.05) is 37.3 Å². The summed E-state index contributed by atoms with van der Waals surface area (Å²) in [4.78, 5) is 28.6. The van der Waals surface area contributed by atoms with Crippen LogP contribution in [0.2, 0.25) is 5.02 Å². The van der Waals surface area contributed by atoms with Crippen molar-refractivity contribution >= 4 is 29.2 Å². The Kier molecular flexibility index (Phi) is 9.57. The molecule has 9 atom stereocenters. The highest BCUT2D eigenvalue weighted by Crippen LogP contribution is 2.44. The Bertz CT molecular complexity index is 1460. The maximum absolute atomic E-state index is 14.5. The fraction of sp³-hybridized carbons (Fsp3) is 0.576. The van der Waals surface area contributed by atoms with Crippen LogP contribution in [0.25, 0.3) is 0 Å². The van der Waals surface area contributed by atoms with Crippen LogP contribution in [-0.4, -0.2) is 90.9 Å². The van der Waals surface area contributed by atoms with Gasteiger partial charge in [-0.3, -0.25) is 9.69 Å². The summed E-state index contributed by atoms with van der Waals surface area (Å²) in [6, 6.07) is 13.0. The number of urea groups is 1. The Labute approximate surface area is 278 Å². The average molecular weight is 676 g/mol. The zero-order valence-corrected chi connectivity index (χ0v) is 28.0. The molecule has 0 bridgehead atoms. The van der Waals surface area contributed by atoms with Crippen LogP contribution in [0, 0.1) is 6.92 Å². The second-order valence-electron chi connectivity index (χ2n) is 13.1. The van der Waals surface area contributed by atoms with Gasteiger partial charge in [-0.1, -0.05) is 48.0 Å². The number of hydrogen-bond acceptors (Lipinski definition) is 10. The monoisotopic (exact) mass is 675 g/mol. The molecule has 6 rings (SSSR count). The van der Waals surface area contributed by atoms with Crippen molar-refractivity contribution in [3.05, 3.63) is 64.7 Å². The number of fused-ring (bicyclic) bond motifs is 2. The van der Waals surface area contributed by atoms with Gasteiger partial charge in [-0.25, -0.2) is 4.79 Å². The molecule has 2 aromatic carbocycles. The van der Waals surface area contributed by atoms with E-state index in [0.717, 1.165) is 11.1 Å². The normalized spacial score (nSPS) is 32.5. The van der Waals surface area contributed by atoms with Gasteiger partial charge in [0.05, 0.1) is 12.6 Å². The number of nitrogens with two attached hydrogens (primary N) is 1. The lowest BCUT2D eigenvalue weighted by Gasteiger charge is -2.42. The molecule has 0 spiro atoms. The summed E-state index contributed by atoms with van der Waals surface area (Å²) in [5.74, 6) is -2.58. The SMILES string of the molecule is CO[C@@H]1[C@H]2OC(C)(C)O[C@H]2O[C@@H]1[C@H](CC(N)=O)N(C(=O)Nc1ccc(C)c(Cl)c1)C1O[C@H]2OC(C)(C)O[C@H]2[C@@H]1OCc1ccccc1. The summed E-state index contributed by atoms with van der Waals surface area (Å²) < 4.78 is 49.7. The van der Waals surface area contributed by atoms with E-state index >= 15 is 0 Å². The minimum Gasteiger partial charge on any atom is -0.376 e. The van der Waals surface area contributed by atoms with Crippen LogP contribution in [0.15, 0.2) is 48.5 Å². The molecule has 3 amide bonds. The number of primary amides is 1. The minimum absolute atomic E-state index is 0.184. The minimum atomic E-state index is -1.13. The van der Waals surface area contributed by atoms with Crippen molar-refractivity contribution in [2.45, 2.75) is 115 Å². The third-order valence-electron chi connectivity index (χ3n) is 8.63. The van der Waals surface area contributed by atoms with Gasteiger partial charge in [0, 0.05) is 24.2 Å². The lowest BCUT2D eigenvalue weighted by atomic mass is 9.97. The van der Waals surface area contributed by atoms with E-state index in [4.69, 9.17) is 55.2 Å². The predicted octanol–water partition coefficient (Wildman–Crippen LogP) is 4.04. The van der Waals surface area contributed by atoms with E-state index < -0.39 is 78.9 Å². The molecule has 4 aliphatic heterocycles. The first-order valence-electron chi connectivity index (χ1n) is 15.6. The van der Waals surface area contributed by atoms with Gasteiger partial charge in [-0.15, -0.1) is 0 Å². The van der Waals surface area contributed by atoms with Gasteiger partial charge in [0.25, 0.3) is 0 Å². The Morgan fingerprint density at radius 1 is 0.957 bits per heavy atom. The smallest absolute Gasteiger partial charge is 0.324 e. The number of carbonyl (C=O) groups excluding carboxylic acids is 2. The number of aryl methyl sites for hydroxylation is 1. The van der Waals surface area contributed by atoms with Crippen LogP contribution in [0.1, 0.15) is 45.2 Å². The summed E-state index contributed by atoms with van der Waals surface area (Å²) in [5.41, 5.74) is 7.99. The van der Waals surface area contributed by atoms with E-state index in [1.54, 1.807) is 45.9 Å². The summed E-state index contributed by atoms with van der Waals surface area (Å²) in [6.07, 6.45) is -7.05. The van der Waals surface area contributed by atoms with E-state index in [0.29, 0.717) is 10.7 Å². The molecule has 13 nitrogen and oxygen atoms in total. The Morgan fingerprint density at radius 3 is 2.21 bits per heavy atom. The van der Waals surface area contributed by atoms with Gasteiger partial charge >= 0.3 is 6.03 Å². The Hall–Kier alpha value is -2.85. The van der Waals surface area contributed by atoms with Gasteiger partial charge in [0.1, 0.15) is 30.5 Å². The van der Waals surface area contributed by atoms with Crippen molar-refractivity contribution in [1.82, 2.24) is 4.90 Å². The summed E-state index contributed by atoms with van der Waals surface area (Å²) >= 11 is 6.40. The molecule has 4 fully saturated rings. The molecular formula is C33H42ClN3O10. The number of carbonyl (C=O) groups is 2. The number of hydrogen-bond donors (Lipinski definition) is 2. The highest BCUT2D eigenvalue weighted by molar-refractivity contribution is 6.31. The molecule has 0 aliphatic carbocycles. The highest BCUT2D eigenvalue weighted by atomic mass is 35.5. The predicted molar refractivity (Wildman–Crippen MR) is 168 cm³/mol. The van der Waals surface area contributed by atoms with E-state index in [-0.39, 0.29) is 13.0 Å². The molecule has 2 aromatic rings. The molecular weight excluding hydrogens is 634 g/mol. The van der Waals surface area contributed by atoms with Gasteiger partial charge in [0.15, 0.2) is 30.4 Å². The Morgan fingerprint density at radius 2 is 1.60 bits per heavy atom. The van der Waals surface area contributed by atoms with Crippen LogP contribution in [0.3, 0.4) is 0 Å². The molecule has 47 heavy (non-hydrogen) atoms. The van der Waals surface area contributed by atoms with E-state index in [2.05, 4.69) is 5.32 Å². The number of methoxy groups -OCH3 is 1. The van der Waals surface area contributed by atoms with Gasteiger partial charge in [-0.2, -0.15) is 0 Å². The first-order chi connectivity index (χ1) is 22.2. The van der Waals surface area contributed by atoms with Crippen LogP contribution in [-0.2, 0) is 49.3 Å². The van der Waals surface area contributed by atoms with Crippen LogP contribution in [0.4, 0.5) is 10.5 Å². The fourth-order valence-electron chi connectivity index (χ4n) is 6.60. The lowest BCUT2D eigenvalue weighted by molar-refractivity contribution is -0.248. The third-order valence-corrected chi connectivity index (χ3v) is 9.04. The largest absolute Gasteiger partial charge is 0.376 e. The summed E-state index contributed by atoms with van der Waals surface area (Å²) in [6.45, 7) is 9.12. The number of anilines is 1. The van der Waals surface area contributed by atoms with E-state index in [1.165, 1.54) is 12.0 Å². The summed E-state index contributed by atoms with van der Waals surface area (Å²) in [7, 11) is 1.50. The molecule has 4 heterocycles. The number of rotatable bonds is 10. The number of nitrogens with one attached hydrogen (secondary N) is 1. The number of amides is 3. The van der Waals surface area contributed by atoms with Crippen molar-refractivity contribution in [1.29, 1.82) is 0 Å². The number of nitrogens with zero attached hydrogens (tertiary/aromatic N) is 1. The van der Waals surface area contributed by atoms with Crippen LogP contribution < -0.4 is 11.1 Å². The molecule has 14 heteroatoms. The Balaban J connectivity index is 1.39. The zero-order valence-electron chi connectivity index (χ0n) is 27.2. The van der Waals surface area contributed by atoms with Crippen molar-refractivity contribution in [3.63, 3.8) is 0 Å². The fourth-order valence-corrected chi connectivity index (χ4v) is 6.78. The van der Waals surface area contributed by atoms with E-state index in [9.17, 15) is 9.59 Å².